The quantitative estimate of drug-likeness (QED) is 0.907. The molecule has 1 aliphatic rings. The first kappa shape index (κ1) is 12.0. The Morgan fingerprint density at radius 3 is 2.58 bits per heavy atom. The van der Waals surface area contributed by atoms with Gasteiger partial charge in [-0.25, -0.2) is 4.79 Å². The minimum atomic E-state index is -0.926. The Kier molecular flexibility index (Phi) is 3.11. The number of carboxylic acids is 1. The number of carbonyl (C=O) groups is 1. The van der Waals surface area contributed by atoms with Crippen LogP contribution in [0.2, 0.25) is 0 Å². The van der Waals surface area contributed by atoms with Gasteiger partial charge < -0.3 is 9.84 Å². The monoisotopic (exact) mass is 256 g/mol. The number of aromatic carboxylic acids is 1. The van der Waals surface area contributed by atoms with Crippen molar-refractivity contribution in [3.05, 3.63) is 42.0 Å². The largest absolute Gasteiger partial charge is 0.490 e. The fraction of sp³-hybridized carbons (Fsp3) is 0.312. The van der Waals surface area contributed by atoms with E-state index in [9.17, 15) is 9.90 Å². The van der Waals surface area contributed by atoms with Crippen LogP contribution in [0.4, 0.5) is 0 Å². The molecule has 0 aromatic heterocycles. The third-order valence-corrected chi connectivity index (χ3v) is 3.70. The standard InChI is InChI=1S/C16H16O3/c17-16(18)15-13-8-4-1-5-11(13)9-10-14(15)19-12-6-2-3-7-12/h1,4-5,8-10,12H,2-3,6-7H2,(H,17,18). The Hall–Kier alpha value is -2.03. The van der Waals surface area contributed by atoms with Gasteiger partial charge in [0, 0.05) is 0 Å². The normalized spacial score (nSPS) is 15.8. The average molecular weight is 256 g/mol. The van der Waals surface area contributed by atoms with Gasteiger partial charge in [-0.1, -0.05) is 30.3 Å². The molecule has 3 heteroatoms. The van der Waals surface area contributed by atoms with Gasteiger partial charge in [0.25, 0.3) is 0 Å². The molecule has 1 N–H and O–H groups in total. The van der Waals surface area contributed by atoms with Gasteiger partial charge >= 0.3 is 5.97 Å². The van der Waals surface area contributed by atoms with Crippen molar-refractivity contribution in [1.82, 2.24) is 0 Å². The van der Waals surface area contributed by atoms with Crippen LogP contribution in [0, 0.1) is 0 Å². The summed E-state index contributed by atoms with van der Waals surface area (Å²) < 4.78 is 5.90. The van der Waals surface area contributed by atoms with E-state index in [2.05, 4.69) is 0 Å². The summed E-state index contributed by atoms with van der Waals surface area (Å²) in [6.45, 7) is 0. The van der Waals surface area contributed by atoms with E-state index in [0.29, 0.717) is 5.75 Å². The van der Waals surface area contributed by atoms with Crippen LogP contribution in [0.3, 0.4) is 0 Å². The molecule has 0 aliphatic heterocycles. The number of benzene rings is 2. The Bertz CT molecular complexity index is 612. The number of rotatable bonds is 3. The Morgan fingerprint density at radius 1 is 1.11 bits per heavy atom. The molecule has 0 spiro atoms. The Morgan fingerprint density at radius 2 is 1.84 bits per heavy atom. The van der Waals surface area contributed by atoms with Gasteiger partial charge in [0.05, 0.1) is 6.10 Å². The molecule has 0 amide bonds. The molecular formula is C16H16O3. The number of carboxylic acid groups (broad SMARTS) is 1. The van der Waals surface area contributed by atoms with Crippen molar-refractivity contribution in [3.63, 3.8) is 0 Å². The molecule has 0 atom stereocenters. The minimum Gasteiger partial charge on any atom is -0.490 e. The molecule has 0 heterocycles. The van der Waals surface area contributed by atoms with E-state index in [1.165, 1.54) is 12.8 Å². The molecule has 98 valence electrons. The van der Waals surface area contributed by atoms with Gasteiger partial charge in [-0.15, -0.1) is 0 Å². The summed E-state index contributed by atoms with van der Waals surface area (Å²) in [5, 5.41) is 11.1. The van der Waals surface area contributed by atoms with E-state index < -0.39 is 5.97 Å². The summed E-state index contributed by atoms with van der Waals surface area (Å²) in [5.74, 6) is -0.428. The van der Waals surface area contributed by atoms with Gasteiger partial charge in [0.1, 0.15) is 11.3 Å². The summed E-state index contributed by atoms with van der Waals surface area (Å²) in [4.78, 5) is 11.5. The molecular weight excluding hydrogens is 240 g/mol. The lowest BCUT2D eigenvalue weighted by molar-refractivity contribution is 0.0691. The van der Waals surface area contributed by atoms with E-state index in [-0.39, 0.29) is 11.7 Å². The smallest absolute Gasteiger partial charge is 0.340 e. The van der Waals surface area contributed by atoms with E-state index in [1.54, 1.807) is 6.07 Å². The van der Waals surface area contributed by atoms with Crippen molar-refractivity contribution < 1.29 is 14.6 Å². The first-order valence-corrected chi connectivity index (χ1v) is 6.67. The van der Waals surface area contributed by atoms with Crippen LogP contribution in [0.15, 0.2) is 36.4 Å². The van der Waals surface area contributed by atoms with Crippen molar-refractivity contribution in [2.24, 2.45) is 0 Å². The minimum absolute atomic E-state index is 0.166. The second-order valence-corrected chi connectivity index (χ2v) is 4.99. The maximum absolute atomic E-state index is 11.5. The average Bonchev–Trinajstić information content (AvgIpc) is 2.91. The van der Waals surface area contributed by atoms with Gasteiger partial charge in [-0.2, -0.15) is 0 Å². The van der Waals surface area contributed by atoms with Gasteiger partial charge in [0.2, 0.25) is 0 Å². The molecule has 0 saturated heterocycles. The molecule has 1 fully saturated rings. The summed E-state index contributed by atoms with van der Waals surface area (Å²) in [6.07, 6.45) is 4.54. The fourth-order valence-corrected chi connectivity index (χ4v) is 2.76. The maximum Gasteiger partial charge on any atom is 0.340 e. The van der Waals surface area contributed by atoms with Crippen molar-refractivity contribution in [1.29, 1.82) is 0 Å². The molecule has 0 bridgehead atoms. The van der Waals surface area contributed by atoms with Crippen molar-refractivity contribution in [2.45, 2.75) is 31.8 Å². The highest BCUT2D eigenvalue weighted by Crippen LogP contribution is 2.31. The summed E-state index contributed by atoms with van der Waals surface area (Å²) in [6, 6.07) is 11.2. The number of hydrogen-bond donors (Lipinski definition) is 1. The molecule has 3 rings (SSSR count). The summed E-state index contributed by atoms with van der Waals surface area (Å²) >= 11 is 0. The molecule has 1 saturated carbocycles. The predicted octanol–water partition coefficient (Wildman–Crippen LogP) is 3.86. The number of ether oxygens (including phenoxy) is 1. The lowest BCUT2D eigenvalue weighted by Gasteiger charge is -2.16. The molecule has 1 aliphatic carbocycles. The van der Waals surface area contributed by atoms with Gasteiger partial charge in [0.15, 0.2) is 0 Å². The molecule has 2 aromatic rings. The SMILES string of the molecule is O=C(O)c1c(OC2CCCC2)ccc2ccccc12. The first-order chi connectivity index (χ1) is 9.25. The van der Waals surface area contributed by atoms with Crippen molar-refractivity contribution >= 4 is 16.7 Å². The van der Waals surface area contributed by atoms with Crippen LogP contribution < -0.4 is 4.74 Å². The van der Waals surface area contributed by atoms with Gasteiger partial charge in [-0.05, 0) is 42.5 Å². The summed E-state index contributed by atoms with van der Waals surface area (Å²) in [7, 11) is 0. The van der Waals surface area contributed by atoms with Crippen LogP contribution in [0.5, 0.6) is 5.75 Å². The van der Waals surface area contributed by atoms with Crippen molar-refractivity contribution in [3.8, 4) is 5.75 Å². The fourth-order valence-electron chi connectivity index (χ4n) is 2.76. The zero-order chi connectivity index (χ0) is 13.2. The molecule has 0 unspecified atom stereocenters. The van der Waals surface area contributed by atoms with E-state index in [1.807, 2.05) is 30.3 Å². The highest BCUT2D eigenvalue weighted by atomic mass is 16.5. The van der Waals surface area contributed by atoms with Gasteiger partial charge in [-0.3, -0.25) is 0 Å². The maximum atomic E-state index is 11.5. The summed E-state index contributed by atoms with van der Waals surface area (Å²) in [5.41, 5.74) is 0.282. The second kappa shape index (κ2) is 4.92. The first-order valence-electron chi connectivity index (χ1n) is 6.67. The number of fused-ring (bicyclic) bond motifs is 1. The number of hydrogen-bond acceptors (Lipinski definition) is 2. The predicted molar refractivity (Wildman–Crippen MR) is 73.8 cm³/mol. The van der Waals surface area contributed by atoms with E-state index in [4.69, 9.17) is 4.74 Å². The third kappa shape index (κ3) is 2.28. The van der Waals surface area contributed by atoms with E-state index >= 15 is 0 Å². The third-order valence-electron chi connectivity index (χ3n) is 3.70. The zero-order valence-corrected chi connectivity index (χ0v) is 10.6. The Labute approximate surface area is 111 Å². The lowest BCUT2D eigenvalue weighted by Crippen LogP contribution is -2.13. The molecule has 3 nitrogen and oxygen atoms in total. The van der Waals surface area contributed by atoms with Crippen LogP contribution in [0.1, 0.15) is 36.0 Å². The lowest BCUT2D eigenvalue weighted by atomic mass is 10.0. The van der Waals surface area contributed by atoms with Crippen LogP contribution >= 0.6 is 0 Å². The Balaban J connectivity index is 2.07. The highest BCUT2D eigenvalue weighted by molar-refractivity contribution is 6.06. The van der Waals surface area contributed by atoms with Crippen LogP contribution in [0.25, 0.3) is 10.8 Å². The zero-order valence-electron chi connectivity index (χ0n) is 10.6. The molecule has 0 radical (unpaired) electrons. The van der Waals surface area contributed by atoms with Crippen LogP contribution in [-0.2, 0) is 0 Å². The molecule has 2 aromatic carbocycles. The molecule has 19 heavy (non-hydrogen) atoms. The topological polar surface area (TPSA) is 46.5 Å². The second-order valence-electron chi connectivity index (χ2n) is 4.99. The van der Waals surface area contributed by atoms with E-state index in [0.717, 1.165) is 23.6 Å². The highest BCUT2D eigenvalue weighted by Gasteiger charge is 2.21. The van der Waals surface area contributed by atoms with Crippen molar-refractivity contribution in [2.75, 3.05) is 0 Å². The van der Waals surface area contributed by atoms with Crippen LogP contribution in [-0.4, -0.2) is 17.2 Å².